The molecule has 1 fully saturated rings. The molecule has 0 radical (unpaired) electrons. The van der Waals surface area contributed by atoms with E-state index in [0.29, 0.717) is 32.8 Å². The molecule has 32 heavy (non-hydrogen) atoms. The Morgan fingerprint density at radius 2 is 1.75 bits per heavy atom. The Bertz CT molecular complexity index is 717. The van der Waals surface area contributed by atoms with Crippen LogP contribution >= 0.6 is 24.0 Å². The number of guanidine groups is 1. The largest absolute Gasteiger partial charge is 0.444 e. The van der Waals surface area contributed by atoms with Crippen molar-refractivity contribution in [2.75, 3.05) is 39.4 Å². The zero-order valence-electron chi connectivity index (χ0n) is 19.6. The predicted molar refractivity (Wildman–Crippen MR) is 136 cm³/mol. The number of carbonyl (C=O) groups excluding carboxylic acids is 1. The summed E-state index contributed by atoms with van der Waals surface area (Å²) in [6, 6.07) is 6.74. The third-order valence-corrected chi connectivity index (χ3v) is 5.10. The van der Waals surface area contributed by atoms with Crippen molar-refractivity contribution in [1.82, 2.24) is 16.0 Å². The van der Waals surface area contributed by atoms with E-state index in [1.54, 1.807) is 0 Å². The van der Waals surface area contributed by atoms with E-state index in [1.807, 2.05) is 39.8 Å². The highest BCUT2D eigenvalue weighted by atomic mass is 127. The zero-order valence-corrected chi connectivity index (χ0v) is 22.0. The predicted octanol–water partition coefficient (Wildman–Crippen LogP) is 3.96. The molecule has 1 amide bonds. The van der Waals surface area contributed by atoms with Gasteiger partial charge in [0.25, 0.3) is 0 Å². The maximum Gasteiger partial charge on any atom is 0.407 e. The van der Waals surface area contributed by atoms with Gasteiger partial charge in [-0.1, -0.05) is 12.1 Å². The van der Waals surface area contributed by atoms with E-state index in [4.69, 9.17) is 14.5 Å². The molecule has 2 rings (SSSR count). The molecule has 1 aliphatic heterocycles. The number of rotatable bonds is 8. The van der Waals surface area contributed by atoms with Crippen molar-refractivity contribution in [1.29, 1.82) is 0 Å². The van der Waals surface area contributed by atoms with Crippen LogP contribution < -0.4 is 16.0 Å². The second-order valence-electron chi connectivity index (χ2n) is 8.80. The van der Waals surface area contributed by atoms with Crippen LogP contribution in [0.5, 0.6) is 0 Å². The van der Waals surface area contributed by atoms with Crippen molar-refractivity contribution in [3.05, 3.63) is 35.6 Å². The average Bonchev–Trinajstić information content (AvgIpc) is 2.71. The molecule has 1 saturated heterocycles. The maximum atomic E-state index is 13.4. The topological polar surface area (TPSA) is 84.0 Å². The Kier molecular flexibility index (Phi) is 12.3. The van der Waals surface area contributed by atoms with Gasteiger partial charge in [-0.3, -0.25) is 4.99 Å². The fourth-order valence-electron chi connectivity index (χ4n) is 3.48. The molecule has 3 N–H and O–H groups in total. The van der Waals surface area contributed by atoms with Crippen molar-refractivity contribution in [2.24, 2.45) is 4.99 Å². The Balaban J connectivity index is 0.00000512. The number of nitrogens with zero attached hydrogens (tertiary/aromatic N) is 1. The maximum absolute atomic E-state index is 13.4. The van der Waals surface area contributed by atoms with Gasteiger partial charge in [0, 0.05) is 38.3 Å². The fraction of sp³-hybridized carbons (Fsp3) is 0.652. The van der Waals surface area contributed by atoms with Crippen LogP contribution in [0.25, 0.3) is 0 Å². The Morgan fingerprint density at radius 1 is 1.12 bits per heavy atom. The summed E-state index contributed by atoms with van der Waals surface area (Å²) >= 11 is 0. The van der Waals surface area contributed by atoms with Gasteiger partial charge in [0.2, 0.25) is 0 Å². The molecule has 0 bridgehead atoms. The molecule has 1 aliphatic rings. The summed E-state index contributed by atoms with van der Waals surface area (Å²) in [5.41, 5.74) is 0.433. The minimum Gasteiger partial charge on any atom is -0.444 e. The van der Waals surface area contributed by atoms with Crippen molar-refractivity contribution in [3.63, 3.8) is 0 Å². The Labute approximate surface area is 208 Å². The number of nitrogens with one attached hydrogen (secondary N) is 3. The number of benzene rings is 1. The van der Waals surface area contributed by atoms with Crippen molar-refractivity contribution in [2.45, 2.75) is 58.0 Å². The highest BCUT2D eigenvalue weighted by molar-refractivity contribution is 14.0. The first-order chi connectivity index (χ1) is 14.7. The number of alkyl carbamates (subject to hydrolysis) is 1. The van der Waals surface area contributed by atoms with Crippen LogP contribution in [-0.2, 0) is 14.9 Å². The summed E-state index contributed by atoms with van der Waals surface area (Å²) in [4.78, 5) is 16.5. The third-order valence-electron chi connectivity index (χ3n) is 5.10. The van der Waals surface area contributed by atoms with Gasteiger partial charge in [0.1, 0.15) is 11.4 Å². The molecule has 0 spiro atoms. The molecule has 7 nitrogen and oxygen atoms in total. The number of hydrogen-bond acceptors (Lipinski definition) is 4. The van der Waals surface area contributed by atoms with Crippen LogP contribution in [0.4, 0.5) is 9.18 Å². The highest BCUT2D eigenvalue weighted by Gasteiger charge is 2.34. The lowest BCUT2D eigenvalue weighted by Crippen LogP contribution is -2.42. The monoisotopic (exact) mass is 564 g/mol. The van der Waals surface area contributed by atoms with E-state index in [2.05, 4.69) is 16.0 Å². The van der Waals surface area contributed by atoms with Crippen LogP contribution in [0.1, 0.15) is 52.5 Å². The van der Waals surface area contributed by atoms with Gasteiger partial charge in [-0.05, 0) is 64.7 Å². The highest BCUT2D eigenvalue weighted by Crippen LogP contribution is 2.35. The number of aliphatic imine (C=N–C) groups is 1. The molecule has 182 valence electrons. The van der Waals surface area contributed by atoms with Crippen LogP contribution in [0.3, 0.4) is 0 Å². The van der Waals surface area contributed by atoms with Crippen molar-refractivity contribution in [3.8, 4) is 0 Å². The lowest BCUT2D eigenvalue weighted by Gasteiger charge is -2.36. The summed E-state index contributed by atoms with van der Waals surface area (Å²) < 4.78 is 24.2. The summed E-state index contributed by atoms with van der Waals surface area (Å²) in [5, 5.41) is 9.34. The summed E-state index contributed by atoms with van der Waals surface area (Å²) in [6.07, 6.45) is 2.03. The second-order valence-corrected chi connectivity index (χ2v) is 8.80. The summed E-state index contributed by atoms with van der Waals surface area (Å²) in [5.74, 6) is 0.497. The van der Waals surface area contributed by atoms with Crippen LogP contribution in [-0.4, -0.2) is 57.0 Å². The van der Waals surface area contributed by atoms with E-state index in [-0.39, 0.29) is 35.2 Å². The molecule has 0 saturated carbocycles. The van der Waals surface area contributed by atoms with Gasteiger partial charge < -0.3 is 25.4 Å². The van der Waals surface area contributed by atoms with Gasteiger partial charge in [0.05, 0.1) is 6.54 Å². The molecule has 0 aromatic heterocycles. The quantitative estimate of drug-likeness (QED) is 0.193. The first-order valence-corrected chi connectivity index (χ1v) is 11.1. The molecular weight excluding hydrogens is 526 g/mol. The van der Waals surface area contributed by atoms with E-state index in [9.17, 15) is 9.18 Å². The van der Waals surface area contributed by atoms with Crippen LogP contribution in [0.15, 0.2) is 29.3 Å². The molecular formula is C23H38FIN4O3. The van der Waals surface area contributed by atoms with Gasteiger partial charge in [-0.15, -0.1) is 24.0 Å². The normalized spacial score (nSPS) is 16.0. The molecule has 9 heteroatoms. The fourth-order valence-corrected chi connectivity index (χ4v) is 3.48. The zero-order chi connectivity index (χ0) is 22.7. The van der Waals surface area contributed by atoms with Crippen LogP contribution in [0.2, 0.25) is 0 Å². The molecule has 1 aromatic rings. The lowest BCUT2D eigenvalue weighted by molar-refractivity contribution is 0.0524. The molecule has 0 aliphatic carbocycles. The molecule has 1 heterocycles. The van der Waals surface area contributed by atoms with Gasteiger partial charge in [-0.25, -0.2) is 9.18 Å². The summed E-state index contributed by atoms with van der Waals surface area (Å²) in [7, 11) is 0. The van der Waals surface area contributed by atoms with Gasteiger partial charge in [0.15, 0.2) is 5.96 Å². The number of amides is 1. The molecule has 0 atom stereocenters. The van der Waals surface area contributed by atoms with Crippen molar-refractivity contribution >= 4 is 36.0 Å². The first-order valence-electron chi connectivity index (χ1n) is 11.1. The van der Waals surface area contributed by atoms with E-state index in [1.165, 1.54) is 12.1 Å². The number of halogens is 2. The Morgan fingerprint density at radius 3 is 2.34 bits per heavy atom. The lowest BCUT2D eigenvalue weighted by atomic mass is 9.74. The smallest absolute Gasteiger partial charge is 0.407 e. The standard InChI is InChI=1S/C23H37FN4O3.HI/c1-5-25-20(26-13-6-14-27-21(29)31-22(2,3)4)28-17-23(11-15-30-16-12-23)18-7-9-19(24)10-8-18;/h7-10H,5-6,11-17H2,1-4H3,(H,27,29)(H2,25,26,28);1H. The van der Waals surface area contributed by atoms with Crippen LogP contribution in [0, 0.1) is 5.82 Å². The van der Waals surface area contributed by atoms with Crippen molar-refractivity contribution < 1.29 is 18.7 Å². The summed E-state index contributed by atoms with van der Waals surface area (Å²) in [6.45, 7) is 11.4. The average molecular weight is 564 g/mol. The van der Waals surface area contributed by atoms with E-state index < -0.39 is 11.7 Å². The minimum absolute atomic E-state index is 0. The number of ether oxygens (including phenoxy) is 2. The second kappa shape index (κ2) is 13.8. The van der Waals surface area contributed by atoms with E-state index >= 15 is 0 Å². The SMILES string of the molecule is CCNC(=NCC1(c2ccc(F)cc2)CCOCC1)NCCCNC(=O)OC(C)(C)C.I. The van der Waals surface area contributed by atoms with Gasteiger partial charge in [-0.2, -0.15) is 0 Å². The molecule has 0 unspecified atom stereocenters. The Hall–Kier alpha value is -1.62. The third kappa shape index (κ3) is 9.89. The van der Waals surface area contributed by atoms with E-state index in [0.717, 1.165) is 37.3 Å². The number of carbonyl (C=O) groups is 1. The number of hydrogen-bond donors (Lipinski definition) is 3. The first kappa shape index (κ1) is 28.4. The van der Waals surface area contributed by atoms with Gasteiger partial charge >= 0.3 is 6.09 Å². The molecule has 1 aromatic carbocycles. The minimum atomic E-state index is -0.502.